The summed E-state index contributed by atoms with van der Waals surface area (Å²) in [5.41, 5.74) is 7.27. The predicted molar refractivity (Wildman–Crippen MR) is 107 cm³/mol. The van der Waals surface area contributed by atoms with Gasteiger partial charge in [0.25, 0.3) is 0 Å². The highest BCUT2D eigenvalue weighted by Gasteiger charge is 2.23. The molecule has 6 nitrogen and oxygen atoms in total. The maximum Gasteiger partial charge on any atom is 0.337 e. The van der Waals surface area contributed by atoms with Crippen molar-refractivity contribution in [3.05, 3.63) is 70.7 Å². The Balaban J connectivity index is 1.85. The molecule has 1 aromatic carbocycles. The van der Waals surface area contributed by atoms with Crippen LogP contribution in [-0.2, 0) is 27.3 Å². The van der Waals surface area contributed by atoms with Gasteiger partial charge in [-0.05, 0) is 60.9 Å². The minimum atomic E-state index is -0.379. The van der Waals surface area contributed by atoms with Crippen molar-refractivity contribution in [3.63, 3.8) is 0 Å². The lowest BCUT2D eigenvalue weighted by atomic mass is 9.95. The molecule has 0 fully saturated rings. The molecule has 3 heterocycles. The van der Waals surface area contributed by atoms with Gasteiger partial charge in [-0.1, -0.05) is 12.1 Å². The first kappa shape index (κ1) is 18.8. The molecule has 0 radical (unpaired) electrons. The SMILES string of the molecule is COC(=O)c1cccc(-c2cc(C)nc(-c3cc(C)nc4c3CC(=O)OC4)c2)c1. The Kier molecular flexibility index (Phi) is 4.84. The van der Waals surface area contributed by atoms with Crippen LogP contribution in [0.3, 0.4) is 0 Å². The lowest BCUT2D eigenvalue weighted by Crippen LogP contribution is -2.19. The van der Waals surface area contributed by atoms with Crippen molar-refractivity contribution < 1.29 is 19.1 Å². The van der Waals surface area contributed by atoms with Gasteiger partial charge in [-0.25, -0.2) is 4.79 Å². The van der Waals surface area contributed by atoms with Crippen LogP contribution in [0.15, 0.2) is 42.5 Å². The van der Waals surface area contributed by atoms with E-state index in [-0.39, 0.29) is 25.0 Å². The van der Waals surface area contributed by atoms with Crippen molar-refractivity contribution in [3.8, 4) is 22.4 Å². The molecular weight excluding hydrogens is 368 g/mol. The van der Waals surface area contributed by atoms with E-state index in [1.807, 2.05) is 44.2 Å². The second kappa shape index (κ2) is 7.47. The maximum atomic E-state index is 11.9. The molecule has 0 aliphatic carbocycles. The van der Waals surface area contributed by atoms with Gasteiger partial charge in [-0.2, -0.15) is 0 Å². The molecule has 2 aromatic heterocycles. The van der Waals surface area contributed by atoms with Crippen molar-refractivity contribution in [2.24, 2.45) is 0 Å². The molecule has 0 atom stereocenters. The summed E-state index contributed by atoms with van der Waals surface area (Å²) < 4.78 is 9.97. The second-order valence-corrected chi connectivity index (χ2v) is 7.03. The molecule has 0 spiro atoms. The van der Waals surface area contributed by atoms with Crippen LogP contribution < -0.4 is 0 Å². The van der Waals surface area contributed by atoms with Crippen molar-refractivity contribution in [1.29, 1.82) is 0 Å². The number of carbonyl (C=O) groups is 2. The van der Waals surface area contributed by atoms with Gasteiger partial charge in [-0.3, -0.25) is 14.8 Å². The number of aromatic nitrogens is 2. The number of esters is 2. The fraction of sp³-hybridized carbons (Fsp3) is 0.217. The van der Waals surface area contributed by atoms with Gasteiger partial charge in [-0.15, -0.1) is 0 Å². The van der Waals surface area contributed by atoms with Gasteiger partial charge in [0.2, 0.25) is 0 Å². The number of nitrogens with zero attached hydrogens (tertiary/aromatic N) is 2. The van der Waals surface area contributed by atoms with Gasteiger partial charge in [0.1, 0.15) is 6.61 Å². The van der Waals surface area contributed by atoms with Gasteiger partial charge in [0.15, 0.2) is 0 Å². The third kappa shape index (κ3) is 3.74. The zero-order valence-electron chi connectivity index (χ0n) is 16.5. The van der Waals surface area contributed by atoms with Crippen LogP contribution in [-0.4, -0.2) is 29.0 Å². The quantitative estimate of drug-likeness (QED) is 0.635. The van der Waals surface area contributed by atoms with Crippen LogP contribution >= 0.6 is 0 Å². The van der Waals surface area contributed by atoms with E-state index in [1.165, 1.54) is 7.11 Å². The monoisotopic (exact) mass is 388 g/mol. The summed E-state index contributed by atoms with van der Waals surface area (Å²) in [5.74, 6) is -0.641. The number of ether oxygens (including phenoxy) is 2. The predicted octanol–water partition coefficient (Wildman–Crippen LogP) is 3.81. The Morgan fingerprint density at radius 1 is 1.03 bits per heavy atom. The normalized spacial score (nSPS) is 12.9. The minimum Gasteiger partial charge on any atom is -0.465 e. The Hall–Kier alpha value is -3.54. The highest BCUT2D eigenvalue weighted by atomic mass is 16.5. The second-order valence-electron chi connectivity index (χ2n) is 7.03. The van der Waals surface area contributed by atoms with E-state index in [0.717, 1.165) is 45.0 Å². The molecule has 0 saturated carbocycles. The van der Waals surface area contributed by atoms with Crippen LogP contribution in [0.5, 0.6) is 0 Å². The van der Waals surface area contributed by atoms with E-state index in [2.05, 4.69) is 4.98 Å². The molecule has 0 unspecified atom stereocenters. The minimum absolute atomic E-state index is 0.181. The van der Waals surface area contributed by atoms with Gasteiger partial charge >= 0.3 is 11.9 Å². The van der Waals surface area contributed by atoms with Crippen LogP contribution in [0.2, 0.25) is 0 Å². The number of aryl methyl sites for hydroxylation is 2. The molecule has 29 heavy (non-hydrogen) atoms. The van der Waals surface area contributed by atoms with Crippen LogP contribution in [0, 0.1) is 13.8 Å². The Morgan fingerprint density at radius 3 is 2.62 bits per heavy atom. The summed E-state index contributed by atoms with van der Waals surface area (Å²) in [5, 5.41) is 0. The molecule has 4 rings (SSSR count). The van der Waals surface area contributed by atoms with Crippen molar-refractivity contribution in [1.82, 2.24) is 9.97 Å². The van der Waals surface area contributed by atoms with E-state index in [4.69, 9.17) is 14.5 Å². The van der Waals surface area contributed by atoms with E-state index in [0.29, 0.717) is 5.56 Å². The number of benzene rings is 1. The smallest absolute Gasteiger partial charge is 0.337 e. The Labute approximate surface area is 168 Å². The van der Waals surface area contributed by atoms with Crippen molar-refractivity contribution in [2.45, 2.75) is 26.9 Å². The fourth-order valence-electron chi connectivity index (χ4n) is 3.57. The van der Waals surface area contributed by atoms with E-state index >= 15 is 0 Å². The molecular formula is C23H20N2O4. The fourth-order valence-corrected chi connectivity index (χ4v) is 3.57. The molecule has 1 aliphatic rings. The zero-order chi connectivity index (χ0) is 20.5. The highest BCUT2D eigenvalue weighted by molar-refractivity contribution is 5.91. The van der Waals surface area contributed by atoms with Gasteiger partial charge < -0.3 is 9.47 Å². The largest absolute Gasteiger partial charge is 0.465 e. The number of hydrogen-bond acceptors (Lipinski definition) is 6. The summed E-state index contributed by atoms with van der Waals surface area (Å²) in [6.45, 7) is 4.02. The average molecular weight is 388 g/mol. The zero-order valence-corrected chi connectivity index (χ0v) is 16.5. The van der Waals surface area contributed by atoms with Crippen molar-refractivity contribution >= 4 is 11.9 Å². The number of rotatable bonds is 3. The summed E-state index contributed by atoms with van der Waals surface area (Å²) in [7, 11) is 1.36. The summed E-state index contributed by atoms with van der Waals surface area (Å²) in [4.78, 5) is 33.0. The number of cyclic esters (lactones) is 1. The Morgan fingerprint density at radius 2 is 1.83 bits per heavy atom. The summed E-state index contributed by atoms with van der Waals surface area (Å²) in [6.07, 6.45) is 0.181. The number of methoxy groups -OCH3 is 1. The molecule has 0 amide bonds. The molecule has 0 bridgehead atoms. The first-order chi connectivity index (χ1) is 13.9. The Bertz CT molecular complexity index is 1140. The van der Waals surface area contributed by atoms with E-state index < -0.39 is 0 Å². The lowest BCUT2D eigenvalue weighted by Gasteiger charge is -2.19. The third-order valence-electron chi connectivity index (χ3n) is 4.88. The number of pyridine rings is 2. The number of hydrogen-bond donors (Lipinski definition) is 0. The van der Waals surface area contributed by atoms with E-state index in [9.17, 15) is 9.59 Å². The van der Waals surface area contributed by atoms with Gasteiger partial charge in [0, 0.05) is 17.0 Å². The molecule has 0 saturated heterocycles. The maximum absolute atomic E-state index is 11.9. The molecule has 1 aliphatic heterocycles. The first-order valence-electron chi connectivity index (χ1n) is 9.27. The highest BCUT2D eigenvalue weighted by Crippen LogP contribution is 2.32. The van der Waals surface area contributed by atoms with Crippen LogP contribution in [0.1, 0.15) is 33.0 Å². The number of fused-ring (bicyclic) bond motifs is 1. The third-order valence-corrected chi connectivity index (χ3v) is 4.88. The first-order valence-corrected chi connectivity index (χ1v) is 9.27. The van der Waals surface area contributed by atoms with E-state index in [1.54, 1.807) is 12.1 Å². The molecule has 3 aromatic rings. The molecule has 0 N–H and O–H groups in total. The molecule has 146 valence electrons. The van der Waals surface area contributed by atoms with Crippen molar-refractivity contribution in [2.75, 3.05) is 7.11 Å². The topological polar surface area (TPSA) is 78.4 Å². The number of carbonyl (C=O) groups excluding carboxylic acids is 2. The molecule has 6 heteroatoms. The summed E-state index contributed by atoms with van der Waals surface area (Å²) >= 11 is 0. The standard InChI is InChI=1S/C23H20N2O4/c1-13-7-17(15-5-4-6-16(9-15)23(27)28-3)10-20(24-13)18-8-14(2)25-21-12-29-22(26)11-19(18)21/h4-10H,11-12H2,1-3H3. The average Bonchev–Trinajstić information content (AvgIpc) is 2.72. The summed E-state index contributed by atoms with van der Waals surface area (Å²) in [6, 6.07) is 13.2. The van der Waals surface area contributed by atoms with Crippen LogP contribution in [0.4, 0.5) is 0 Å². The van der Waals surface area contributed by atoms with Gasteiger partial charge in [0.05, 0.1) is 30.5 Å². The van der Waals surface area contributed by atoms with Crippen LogP contribution in [0.25, 0.3) is 22.4 Å². The lowest BCUT2D eigenvalue weighted by molar-refractivity contribution is -0.145.